The zero-order valence-electron chi connectivity index (χ0n) is 37.7. The molecule has 0 aliphatic rings. The molecule has 55 heavy (non-hydrogen) atoms. The van der Waals surface area contributed by atoms with Gasteiger partial charge in [0.25, 0.3) is 0 Å². The molecule has 0 saturated heterocycles. The normalized spacial score (nSPS) is 12.3. The van der Waals surface area contributed by atoms with Crippen molar-refractivity contribution in [3.05, 3.63) is 0 Å². The predicted octanol–water partition coefficient (Wildman–Crippen LogP) is 13.0. The fraction of sp³-hybridized carbons (Fsp3) is 0.958. The second-order valence-electron chi connectivity index (χ2n) is 17.1. The summed E-state index contributed by atoms with van der Waals surface area (Å²) in [5, 5.41) is 10.5. The number of likely N-dealkylation sites (N-methyl/N-ethyl adjacent to an activating group) is 1. The SMILES string of the molecule is CCCCCCCCCCCOC(=O)CCCCCN(CCCCCCCC(=O)OC(CCCCCCCC)CCCCCCCC)CCC(O)CN(C)C. The van der Waals surface area contributed by atoms with Crippen LogP contribution in [0.4, 0.5) is 0 Å². The van der Waals surface area contributed by atoms with Crippen molar-refractivity contribution in [2.45, 2.75) is 251 Å². The summed E-state index contributed by atoms with van der Waals surface area (Å²) in [6.07, 6.45) is 38.9. The number of rotatable bonds is 44. The highest BCUT2D eigenvalue weighted by molar-refractivity contribution is 5.69. The van der Waals surface area contributed by atoms with E-state index < -0.39 is 0 Å². The predicted molar refractivity (Wildman–Crippen MR) is 236 cm³/mol. The van der Waals surface area contributed by atoms with Crippen LogP contribution in [-0.2, 0) is 19.1 Å². The lowest BCUT2D eigenvalue weighted by Gasteiger charge is -2.24. The topological polar surface area (TPSA) is 79.3 Å². The van der Waals surface area contributed by atoms with E-state index in [1.54, 1.807) is 0 Å². The van der Waals surface area contributed by atoms with E-state index in [1.807, 2.05) is 19.0 Å². The second-order valence-corrected chi connectivity index (χ2v) is 17.1. The molecule has 0 fully saturated rings. The second kappa shape index (κ2) is 42.4. The largest absolute Gasteiger partial charge is 0.466 e. The van der Waals surface area contributed by atoms with Gasteiger partial charge in [-0.1, -0.05) is 162 Å². The summed E-state index contributed by atoms with van der Waals surface area (Å²) in [4.78, 5) is 29.6. The van der Waals surface area contributed by atoms with Gasteiger partial charge in [-0.2, -0.15) is 0 Å². The summed E-state index contributed by atoms with van der Waals surface area (Å²) >= 11 is 0. The lowest BCUT2D eigenvalue weighted by atomic mass is 10.0. The third-order valence-electron chi connectivity index (χ3n) is 11.1. The molecule has 0 spiro atoms. The first-order valence-electron chi connectivity index (χ1n) is 24.2. The van der Waals surface area contributed by atoms with Crippen LogP contribution < -0.4 is 0 Å². The highest BCUT2D eigenvalue weighted by atomic mass is 16.5. The number of hydrogen-bond donors (Lipinski definition) is 1. The number of aliphatic hydroxyl groups excluding tert-OH is 1. The van der Waals surface area contributed by atoms with Gasteiger partial charge in [-0.3, -0.25) is 9.59 Å². The summed E-state index contributed by atoms with van der Waals surface area (Å²) in [6, 6.07) is 0. The maximum atomic E-state index is 12.8. The molecule has 0 saturated carbocycles. The third kappa shape index (κ3) is 40.8. The number of esters is 2. The molecular formula is C48H96N2O5. The number of aliphatic hydroxyl groups is 1. The van der Waals surface area contributed by atoms with Crippen molar-refractivity contribution in [2.75, 3.05) is 46.9 Å². The van der Waals surface area contributed by atoms with Gasteiger partial charge in [0.05, 0.1) is 12.7 Å². The van der Waals surface area contributed by atoms with E-state index in [2.05, 4.69) is 25.7 Å². The van der Waals surface area contributed by atoms with E-state index in [9.17, 15) is 14.7 Å². The van der Waals surface area contributed by atoms with Crippen LogP contribution >= 0.6 is 0 Å². The molecular weight excluding hydrogens is 685 g/mol. The minimum atomic E-state index is -0.311. The van der Waals surface area contributed by atoms with E-state index in [0.29, 0.717) is 26.0 Å². The minimum absolute atomic E-state index is 0.0106. The molecule has 0 aliphatic carbocycles. The molecule has 7 heteroatoms. The molecule has 1 unspecified atom stereocenters. The fourth-order valence-corrected chi connectivity index (χ4v) is 7.58. The Labute approximate surface area is 343 Å². The Morgan fingerprint density at radius 2 is 0.873 bits per heavy atom. The Morgan fingerprint density at radius 3 is 1.36 bits per heavy atom. The molecule has 0 amide bonds. The van der Waals surface area contributed by atoms with Crippen LogP contribution in [-0.4, -0.2) is 85.9 Å². The molecule has 0 aromatic heterocycles. The Kier molecular flexibility index (Phi) is 41.5. The van der Waals surface area contributed by atoms with Crippen LogP contribution in [0.25, 0.3) is 0 Å². The van der Waals surface area contributed by atoms with Crippen LogP contribution in [0.5, 0.6) is 0 Å². The Morgan fingerprint density at radius 1 is 0.473 bits per heavy atom. The van der Waals surface area contributed by atoms with Gasteiger partial charge in [0.1, 0.15) is 6.10 Å². The number of unbranched alkanes of at least 4 members (excludes halogenated alkanes) is 24. The van der Waals surface area contributed by atoms with Gasteiger partial charge in [-0.25, -0.2) is 0 Å². The van der Waals surface area contributed by atoms with Gasteiger partial charge in [0.2, 0.25) is 0 Å². The molecule has 1 N–H and O–H groups in total. The Bertz CT molecular complexity index is 793. The van der Waals surface area contributed by atoms with Crippen molar-refractivity contribution >= 4 is 11.9 Å². The van der Waals surface area contributed by atoms with E-state index in [-0.39, 0.29) is 24.1 Å². The van der Waals surface area contributed by atoms with Crippen LogP contribution in [0.3, 0.4) is 0 Å². The van der Waals surface area contributed by atoms with Gasteiger partial charge in [-0.15, -0.1) is 0 Å². The first kappa shape index (κ1) is 53.8. The summed E-state index contributed by atoms with van der Waals surface area (Å²) in [6.45, 7) is 11.0. The summed E-state index contributed by atoms with van der Waals surface area (Å²) in [5.74, 6) is -0.0332. The van der Waals surface area contributed by atoms with Gasteiger partial charge >= 0.3 is 11.9 Å². The van der Waals surface area contributed by atoms with Crippen LogP contribution in [0, 0.1) is 0 Å². The molecule has 0 aliphatic heterocycles. The molecule has 0 radical (unpaired) electrons. The molecule has 328 valence electrons. The Hall–Kier alpha value is -1.18. The molecule has 0 aromatic rings. The van der Waals surface area contributed by atoms with Crippen molar-refractivity contribution in [3.8, 4) is 0 Å². The van der Waals surface area contributed by atoms with Crippen molar-refractivity contribution < 1.29 is 24.2 Å². The van der Waals surface area contributed by atoms with Crippen molar-refractivity contribution in [1.82, 2.24) is 9.80 Å². The Balaban J connectivity index is 4.33. The van der Waals surface area contributed by atoms with Crippen molar-refractivity contribution in [2.24, 2.45) is 0 Å². The highest BCUT2D eigenvalue weighted by Crippen LogP contribution is 2.19. The van der Waals surface area contributed by atoms with Gasteiger partial charge < -0.3 is 24.4 Å². The molecule has 0 bridgehead atoms. The quantitative estimate of drug-likeness (QED) is 0.0487. The number of carbonyl (C=O) groups is 2. The summed E-state index contributed by atoms with van der Waals surface area (Å²) in [7, 11) is 4.01. The smallest absolute Gasteiger partial charge is 0.306 e. The molecule has 1 atom stereocenters. The van der Waals surface area contributed by atoms with E-state index in [1.165, 1.54) is 122 Å². The average Bonchev–Trinajstić information content (AvgIpc) is 3.15. The van der Waals surface area contributed by atoms with Gasteiger partial charge in [-0.05, 0) is 91.4 Å². The minimum Gasteiger partial charge on any atom is -0.466 e. The molecule has 0 rings (SSSR count). The summed E-state index contributed by atoms with van der Waals surface area (Å²) in [5.41, 5.74) is 0. The van der Waals surface area contributed by atoms with Crippen molar-refractivity contribution in [3.63, 3.8) is 0 Å². The molecule has 0 heterocycles. The number of carbonyl (C=O) groups excluding carboxylic acids is 2. The summed E-state index contributed by atoms with van der Waals surface area (Å²) < 4.78 is 11.6. The highest BCUT2D eigenvalue weighted by Gasteiger charge is 2.15. The standard InChI is InChI=1S/C48H96N2O5/c1-6-9-12-15-18-19-20-26-34-43-54-47(52)37-31-27-33-41-50(42-39-45(51)44-49(4)5)40-32-25-21-24-30-38-48(53)55-46(35-28-22-16-13-10-7-2)36-29-23-17-14-11-8-3/h45-46,51H,6-44H2,1-5H3. The lowest BCUT2D eigenvalue weighted by Crippen LogP contribution is -2.33. The number of ether oxygens (including phenoxy) is 2. The van der Waals surface area contributed by atoms with Crippen molar-refractivity contribution in [1.29, 1.82) is 0 Å². The first-order valence-corrected chi connectivity index (χ1v) is 24.2. The average molecular weight is 781 g/mol. The van der Waals surface area contributed by atoms with E-state index in [4.69, 9.17) is 9.47 Å². The zero-order valence-corrected chi connectivity index (χ0v) is 37.7. The van der Waals surface area contributed by atoms with Gasteiger partial charge in [0.15, 0.2) is 0 Å². The van der Waals surface area contributed by atoms with Crippen LogP contribution in [0.1, 0.15) is 239 Å². The molecule has 7 nitrogen and oxygen atoms in total. The maximum Gasteiger partial charge on any atom is 0.306 e. The van der Waals surface area contributed by atoms with Crippen LogP contribution in [0.2, 0.25) is 0 Å². The first-order chi connectivity index (χ1) is 26.8. The monoisotopic (exact) mass is 781 g/mol. The van der Waals surface area contributed by atoms with Gasteiger partial charge in [0, 0.05) is 25.9 Å². The third-order valence-corrected chi connectivity index (χ3v) is 11.1. The number of hydrogen-bond acceptors (Lipinski definition) is 7. The zero-order chi connectivity index (χ0) is 40.5. The molecule has 0 aromatic carbocycles. The van der Waals surface area contributed by atoms with E-state index in [0.717, 1.165) is 103 Å². The van der Waals surface area contributed by atoms with Crippen LogP contribution in [0.15, 0.2) is 0 Å². The van der Waals surface area contributed by atoms with E-state index >= 15 is 0 Å². The lowest BCUT2D eigenvalue weighted by molar-refractivity contribution is -0.150. The number of nitrogens with zero attached hydrogens (tertiary/aromatic N) is 2. The fourth-order valence-electron chi connectivity index (χ4n) is 7.58. The maximum absolute atomic E-state index is 12.8.